The van der Waals surface area contributed by atoms with E-state index in [0.717, 1.165) is 10.6 Å². The summed E-state index contributed by atoms with van der Waals surface area (Å²) in [7, 11) is 0. The van der Waals surface area contributed by atoms with Crippen molar-refractivity contribution in [3.05, 3.63) is 18.2 Å². The highest BCUT2D eigenvalue weighted by Crippen LogP contribution is 2.45. The number of anilines is 2. The summed E-state index contributed by atoms with van der Waals surface area (Å²) >= 11 is 1.54. The second kappa shape index (κ2) is 4.82. The first-order chi connectivity index (χ1) is 8.45. The Morgan fingerprint density at radius 1 is 1.44 bits per heavy atom. The number of hydrogen-bond acceptors (Lipinski definition) is 4. The summed E-state index contributed by atoms with van der Waals surface area (Å²) in [5.74, 6) is 0.0817. The summed E-state index contributed by atoms with van der Waals surface area (Å²) in [6.45, 7) is 4.45. The van der Waals surface area contributed by atoms with Gasteiger partial charge in [-0.15, -0.1) is 11.8 Å². The van der Waals surface area contributed by atoms with E-state index < -0.39 is 4.75 Å². The molecule has 5 heteroatoms. The van der Waals surface area contributed by atoms with E-state index in [2.05, 4.69) is 0 Å². The normalized spacial score (nSPS) is 17.7. The molecule has 0 saturated heterocycles. The van der Waals surface area contributed by atoms with Gasteiger partial charge >= 0.3 is 0 Å². The molecule has 1 aromatic carbocycles. The van der Waals surface area contributed by atoms with E-state index in [1.54, 1.807) is 11.0 Å². The predicted molar refractivity (Wildman–Crippen MR) is 74.8 cm³/mol. The Labute approximate surface area is 111 Å². The third-order valence-corrected chi connectivity index (χ3v) is 4.17. The SMILES string of the molecule is CC1(C)Sc2cc(N)ccc2N(CCCO)C1=O. The first-order valence-corrected chi connectivity index (χ1v) is 6.79. The van der Waals surface area contributed by atoms with Crippen molar-refractivity contribution in [2.75, 3.05) is 23.8 Å². The van der Waals surface area contributed by atoms with Gasteiger partial charge in [-0.25, -0.2) is 0 Å². The standard InChI is InChI=1S/C13H18N2O2S/c1-13(2)12(17)15(6-3-7-16)10-5-4-9(14)8-11(10)18-13/h4-5,8,16H,3,6-7,14H2,1-2H3. The van der Waals surface area contributed by atoms with Crippen molar-refractivity contribution >= 4 is 29.0 Å². The number of nitrogens with two attached hydrogens (primary N) is 1. The third-order valence-electron chi connectivity index (χ3n) is 2.94. The lowest BCUT2D eigenvalue weighted by Gasteiger charge is -2.38. The van der Waals surface area contributed by atoms with Crippen LogP contribution in [-0.2, 0) is 4.79 Å². The molecular formula is C13H18N2O2S. The zero-order valence-corrected chi connectivity index (χ0v) is 11.5. The zero-order chi connectivity index (χ0) is 13.3. The Balaban J connectivity index is 2.42. The van der Waals surface area contributed by atoms with E-state index in [1.807, 2.05) is 26.0 Å². The van der Waals surface area contributed by atoms with E-state index >= 15 is 0 Å². The van der Waals surface area contributed by atoms with Crippen LogP contribution < -0.4 is 10.6 Å². The summed E-state index contributed by atoms with van der Waals surface area (Å²) in [5, 5.41) is 8.94. The van der Waals surface area contributed by atoms with Crippen LogP contribution >= 0.6 is 11.8 Å². The van der Waals surface area contributed by atoms with Crippen LogP contribution in [0.3, 0.4) is 0 Å². The third kappa shape index (κ3) is 2.33. The van der Waals surface area contributed by atoms with Crippen molar-refractivity contribution in [3.63, 3.8) is 0 Å². The second-order valence-corrected chi connectivity index (χ2v) is 6.54. The molecule has 0 saturated carbocycles. The molecule has 1 amide bonds. The molecule has 3 N–H and O–H groups in total. The Hall–Kier alpha value is -1.20. The molecule has 0 aliphatic carbocycles. The van der Waals surface area contributed by atoms with Gasteiger partial charge in [0, 0.05) is 23.7 Å². The lowest BCUT2D eigenvalue weighted by Crippen LogP contribution is -2.47. The van der Waals surface area contributed by atoms with Crippen molar-refractivity contribution in [3.8, 4) is 0 Å². The summed E-state index contributed by atoms with van der Waals surface area (Å²) in [6.07, 6.45) is 0.580. The van der Waals surface area contributed by atoms with Gasteiger partial charge in [0.2, 0.25) is 5.91 Å². The van der Waals surface area contributed by atoms with Crippen molar-refractivity contribution < 1.29 is 9.90 Å². The lowest BCUT2D eigenvalue weighted by atomic mass is 10.1. The van der Waals surface area contributed by atoms with Gasteiger partial charge in [0.25, 0.3) is 0 Å². The number of nitrogen functional groups attached to an aromatic ring is 1. The van der Waals surface area contributed by atoms with Crippen LogP contribution in [0.4, 0.5) is 11.4 Å². The van der Waals surface area contributed by atoms with Crippen LogP contribution in [0.25, 0.3) is 0 Å². The average Bonchev–Trinajstić information content (AvgIpc) is 2.29. The van der Waals surface area contributed by atoms with Crippen molar-refractivity contribution in [1.82, 2.24) is 0 Å². The molecule has 98 valence electrons. The summed E-state index contributed by atoms with van der Waals surface area (Å²) < 4.78 is -0.490. The number of thioether (sulfide) groups is 1. The van der Waals surface area contributed by atoms with Gasteiger partial charge in [0.1, 0.15) is 0 Å². The van der Waals surface area contributed by atoms with Crippen LogP contribution in [-0.4, -0.2) is 28.9 Å². The van der Waals surface area contributed by atoms with Crippen LogP contribution in [0.5, 0.6) is 0 Å². The number of hydrogen-bond donors (Lipinski definition) is 2. The van der Waals surface area contributed by atoms with E-state index in [9.17, 15) is 4.79 Å². The maximum absolute atomic E-state index is 12.4. The topological polar surface area (TPSA) is 66.6 Å². The second-order valence-electron chi connectivity index (χ2n) is 4.87. The van der Waals surface area contributed by atoms with Gasteiger partial charge in [-0.2, -0.15) is 0 Å². The predicted octanol–water partition coefficient (Wildman–Crippen LogP) is 1.87. The number of carbonyl (C=O) groups excluding carboxylic acids is 1. The van der Waals surface area contributed by atoms with Gasteiger partial charge in [0.15, 0.2) is 0 Å². The molecule has 4 nitrogen and oxygen atoms in total. The molecule has 0 unspecified atom stereocenters. The van der Waals surface area contributed by atoms with Gasteiger partial charge in [-0.05, 0) is 38.5 Å². The number of benzene rings is 1. The molecule has 0 atom stereocenters. The Morgan fingerprint density at radius 3 is 2.83 bits per heavy atom. The first kappa shape index (κ1) is 13.2. The van der Waals surface area contributed by atoms with E-state index in [0.29, 0.717) is 18.7 Å². The molecule has 0 fully saturated rings. The number of carbonyl (C=O) groups is 1. The van der Waals surface area contributed by atoms with E-state index in [-0.39, 0.29) is 12.5 Å². The maximum Gasteiger partial charge on any atom is 0.243 e. The molecule has 0 aromatic heterocycles. The molecule has 1 heterocycles. The quantitative estimate of drug-likeness (QED) is 0.820. The minimum atomic E-state index is -0.490. The average molecular weight is 266 g/mol. The lowest BCUT2D eigenvalue weighted by molar-refractivity contribution is -0.120. The minimum Gasteiger partial charge on any atom is -0.399 e. The summed E-state index contributed by atoms with van der Waals surface area (Å²) in [6, 6.07) is 5.58. The summed E-state index contributed by atoms with van der Waals surface area (Å²) in [4.78, 5) is 15.2. The Morgan fingerprint density at radius 2 is 2.17 bits per heavy atom. The fraction of sp³-hybridized carbons (Fsp3) is 0.462. The highest BCUT2D eigenvalue weighted by atomic mass is 32.2. The largest absolute Gasteiger partial charge is 0.399 e. The highest BCUT2D eigenvalue weighted by Gasteiger charge is 2.39. The highest BCUT2D eigenvalue weighted by molar-refractivity contribution is 8.01. The van der Waals surface area contributed by atoms with Crippen molar-refractivity contribution in [2.24, 2.45) is 0 Å². The molecule has 2 rings (SSSR count). The monoisotopic (exact) mass is 266 g/mol. The molecule has 1 aliphatic rings. The molecule has 0 spiro atoms. The fourth-order valence-corrected chi connectivity index (χ4v) is 3.26. The maximum atomic E-state index is 12.4. The zero-order valence-electron chi connectivity index (χ0n) is 10.6. The molecule has 0 radical (unpaired) electrons. The number of fused-ring (bicyclic) bond motifs is 1. The van der Waals surface area contributed by atoms with Gasteiger partial charge < -0.3 is 15.7 Å². The van der Waals surface area contributed by atoms with Crippen LogP contribution in [0.15, 0.2) is 23.1 Å². The number of nitrogens with zero attached hydrogens (tertiary/aromatic N) is 1. The van der Waals surface area contributed by atoms with E-state index in [4.69, 9.17) is 10.8 Å². The van der Waals surface area contributed by atoms with Crippen LogP contribution in [0.2, 0.25) is 0 Å². The number of aliphatic hydroxyl groups excluding tert-OH is 1. The van der Waals surface area contributed by atoms with E-state index in [1.165, 1.54) is 11.8 Å². The van der Waals surface area contributed by atoms with Gasteiger partial charge in [-0.3, -0.25) is 4.79 Å². The molecule has 1 aliphatic heterocycles. The molecular weight excluding hydrogens is 248 g/mol. The van der Waals surface area contributed by atoms with Crippen molar-refractivity contribution in [1.29, 1.82) is 0 Å². The van der Waals surface area contributed by atoms with Crippen LogP contribution in [0.1, 0.15) is 20.3 Å². The Bertz CT molecular complexity index is 474. The molecule has 0 bridgehead atoms. The Kier molecular flexibility index (Phi) is 3.54. The molecule has 18 heavy (non-hydrogen) atoms. The number of rotatable bonds is 3. The number of amides is 1. The van der Waals surface area contributed by atoms with Gasteiger partial charge in [-0.1, -0.05) is 0 Å². The van der Waals surface area contributed by atoms with Crippen LogP contribution in [0, 0.1) is 0 Å². The first-order valence-electron chi connectivity index (χ1n) is 5.97. The molecule has 1 aromatic rings. The van der Waals surface area contributed by atoms with Crippen molar-refractivity contribution in [2.45, 2.75) is 29.9 Å². The minimum absolute atomic E-state index is 0.0817. The fourth-order valence-electron chi connectivity index (χ4n) is 2.04. The summed E-state index contributed by atoms with van der Waals surface area (Å²) in [5.41, 5.74) is 7.39. The number of aliphatic hydroxyl groups is 1. The smallest absolute Gasteiger partial charge is 0.243 e. The van der Waals surface area contributed by atoms with Gasteiger partial charge in [0.05, 0.1) is 10.4 Å².